The van der Waals surface area contributed by atoms with E-state index >= 15 is 0 Å². The molecule has 1 fully saturated rings. The number of anilines is 1. The molecule has 1 aliphatic rings. The Balaban J connectivity index is 1.63. The second kappa shape index (κ2) is 9.39. The molecule has 2 aromatic heterocycles. The number of hydrogen-bond acceptors (Lipinski definition) is 7. The summed E-state index contributed by atoms with van der Waals surface area (Å²) in [5, 5.41) is 9.30. The van der Waals surface area contributed by atoms with Crippen LogP contribution in [0.2, 0.25) is 0 Å². The first-order valence-electron chi connectivity index (χ1n) is 11.2. The van der Waals surface area contributed by atoms with Crippen molar-refractivity contribution in [3.63, 3.8) is 0 Å². The summed E-state index contributed by atoms with van der Waals surface area (Å²) >= 11 is 0. The number of halogens is 4. The van der Waals surface area contributed by atoms with E-state index in [2.05, 4.69) is 14.7 Å². The summed E-state index contributed by atoms with van der Waals surface area (Å²) in [4.78, 5) is 25.2. The van der Waals surface area contributed by atoms with Gasteiger partial charge in [0.2, 0.25) is 0 Å². The number of benzene rings is 1. The molecule has 4 rings (SSSR count). The lowest BCUT2D eigenvalue weighted by molar-refractivity contribution is -0.274. The molecule has 3 aromatic rings. The standard InChI is InChI=1S/C24H24F4N6O2/c1-13-12-34(22-21-20(32(4)23(35)31-22)8-5-16(10-29)30-21)14(2)11-33(13)15(3)18-7-6-17(9-19(18)25)36-24(26,27)28/h5-9,13-15H,11-12H2,1-4H3/t13?,14-,15?/m0/s1. The number of nitriles is 1. The van der Waals surface area contributed by atoms with Crippen molar-refractivity contribution >= 4 is 16.9 Å². The minimum absolute atomic E-state index is 0.137. The number of aromatic nitrogens is 3. The Morgan fingerprint density at radius 2 is 1.86 bits per heavy atom. The van der Waals surface area contributed by atoms with Gasteiger partial charge >= 0.3 is 12.1 Å². The minimum Gasteiger partial charge on any atom is -0.406 e. The average molecular weight is 504 g/mol. The molecular weight excluding hydrogens is 480 g/mol. The maximum absolute atomic E-state index is 14.8. The van der Waals surface area contributed by atoms with Crippen LogP contribution in [-0.4, -0.2) is 51.0 Å². The molecule has 1 aromatic carbocycles. The fourth-order valence-corrected chi connectivity index (χ4v) is 4.68. The molecule has 0 amide bonds. The molecule has 0 radical (unpaired) electrons. The SMILES string of the molecule is CC1CN(c2nc(=O)n(C)c3ccc(C#N)nc23)[C@@H](C)CN1C(C)c1ccc(OC(F)(F)F)cc1F. The molecule has 0 bridgehead atoms. The van der Waals surface area contributed by atoms with E-state index in [4.69, 9.17) is 0 Å². The van der Waals surface area contributed by atoms with E-state index in [1.54, 1.807) is 20.0 Å². The molecule has 0 aliphatic carbocycles. The highest BCUT2D eigenvalue weighted by Crippen LogP contribution is 2.34. The molecule has 2 unspecified atom stereocenters. The van der Waals surface area contributed by atoms with Gasteiger partial charge in [0.15, 0.2) is 5.82 Å². The highest BCUT2D eigenvalue weighted by molar-refractivity contribution is 5.86. The van der Waals surface area contributed by atoms with E-state index < -0.39 is 29.7 Å². The maximum atomic E-state index is 14.8. The third kappa shape index (κ3) is 4.83. The first-order valence-corrected chi connectivity index (χ1v) is 11.2. The number of nitrogens with zero attached hydrogens (tertiary/aromatic N) is 6. The predicted molar refractivity (Wildman–Crippen MR) is 124 cm³/mol. The van der Waals surface area contributed by atoms with Gasteiger partial charge in [-0.25, -0.2) is 14.2 Å². The summed E-state index contributed by atoms with van der Waals surface area (Å²) in [6, 6.07) is 7.59. The number of fused-ring (bicyclic) bond motifs is 1. The van der Waals surface area contributed by atoms with E-state index in [0.717, 1.165) is 12.1 Å². The van der Waals surface area contributed by atoms with Crippen LogP contribution in [0.1, 0.15) is 38.1 Å². The Morgan fingerprint density at radius 3 is 2.50 bits per heavy atom. The average Bonchev–Trinajstić information content (AvgIpc) is 2.81. The summed E-state index contributed by atoms with van der Waals surface area (Å²) in [5.74, 6) is -1.04. The third-order valence-corrected chi connectivity index (χ3v) is 6.51. The quantitative estimate of drug-likeness (QED) is 0.498. The molecule has 1 aliphatic heterocycles. The Bertz CT molecular complexity index is 1400. The molecule has 0 saturated carbocycles. The number of piperazine rings is 1. The summed E-state index contributed by atoms with van der Waals surface area (Å²) in [7, 11) is 1.58. The van der Waals surface area contributed by atoms with Crippen LogP contribution >= 0.6 is 0 Å². The van der Waals surface area contributed by atoms with Gasteiger partial charge in [0.25, 0.3) is 0 Å². The molecular formula is C24H24F4N6O2. The molecule has 3 heterocycles. The van der Waals surface area contributed by atoms with Crippen LogP contribution in [0.15, 0.2) is 35.1 Å². The van der Waals surface area contributed by atoms with Crippen LogP contribution < -0.4 is 15.3 Å². The Hall–Kier alpha value is -3.72. The van der Waals surface area contributed by atoms with Crippen LogP contribution in [0.4, 0.5) is 23.4 Å². The van der Waals surface area contributed by atoms with Gasteiger partial charge in [-0.1, -0.05) is 6.07 Å². The van der Waals surface area contributed by atoms with Gasteiger partial charge in [-0.3, -0.25) is 9.47 Å². The zero-order chi connectivity index (χ0) is 26.4. The topological polar surface area (TPSA) is 87.3 Å². The van der Waals surface area contributed by atoms with Crippen LogP contribution in [0.3, 0.4) is 0 Å². The lowest BCUT2D eigenvalue weighted by Gasteiger charge is -2.47. The van der Waals surface area contributed by atoms with E-state index in [-0.39, 0.29) is 23.3 Å². The number of alkyl halides is 3. The highest BCUT2D eigenvalue weighted by Gasteiger charge is 2.36. The molecule has 12 heteroatoms. The molecule has 0 N–H and O–H groups in total. The van der Waals surface area contributed by atoms with Gasteiger partial charge in [0.1, 0.15) is 28.8 Å². The lowest BCUT2D eigenvalue weighted by Crippen LogP contribution is -2.57. The van der Waals surface area contributed by atoms with Gasteiger partial charge in [0.05, 0.1) is 5.52 Å². The molecule has 0 spiro atoms. The summed E-state index contributed by atoms with van der Waals surface area (Å²) in [5.41, 5.74) is 0.967. The largest absolute Gasteiger partial charge is 0.573 e. The fraction of sp³-hybridized carbons (Fsp3) is 0.417. The third-order valence-electron chi connectivity index (χ3n) is 6.51. The summed E-state index contributed by atoms with van der Waals surface area (Å²) in [6.07, 6.45) is -4.90. The van der Waals surface area contributed by atoms with E-state index in [9.17, 15) is 27.6 Å². The van der Waals surface area contributed by atoms with Crippen molar-refractivity contribution in [2.45, 2.75) is 45.3 Å². The first-order chi connectivity index (χ1) is 16.9. The molecule has 8 nitrogen and oxygen atoms in total. The second-order valence-electron chi connectivity index (χ2n) is 8.91. The van der Waals surface area contributed by atoms with E-state index in [0.29, 0.717) is 29.9 Å². The number of rotatable bonds is 4. The monoisotopic (exact) mass is 504 g/mol. The van der Waals surface area contributed by atoms with E-state index in [1.165, 1.54) is 16.7 Å². The Kier molecular flexibility index (Phi) is 6.62. The molecule has 36 heavy (non-hydrogen) atoms. The van der Waals surface area contributed by atoms with Gasteiger partial charge in [-0.2, -0.15) is 10.2 Å². The zero-order valence-electron chi connectivity index (χ0n) is 20.0. The van der Waals surface area contributed by atoms with Crippen molar-refractivity contribution in [1.29, 1.82) is 5.26 Å². The predicted octanol–water partition coefficient (Wildman–Crippen LogP) is 3.90. The number of pyridine rings is 1. The summed E-state index contributed by atoms with van der Waals surface area (Å²) < 4.78 is 57.4. The zero-order valence-corrected chi connectivity index (χ0v) is 20.0. The number of ether oxygens (including phenoxy) is 1. The highest BCUT2D eigenvalue weighted by atomic mass is 19.4. The van der Waals surface area contributed by atoms with Crippen molar-refractivity contribution in [3.05, 3.63) is 57.9 Å². The van der Waals surface area contributed by atoms with Crippen LogP contribution in [0.25, 0.3) is 11.0 Å². The Labute approximate surface area is 204 Å². The fourth-order valence-electron chi connectivity index (χ4n) is 4.68. The lowest BCUT2D eigenvalue weighted by atomic mass is 10.00. The van der Waals surface area contributed by atoms with Gasteiger partial charge < -0.3 is 9.64 Å². The molecule has 1 saturated heterocycles. The van der Waals surface area contributed by atoms with Crippen molar-refractivity contribution in [3.8, 4) is 11.8 Å². The van der Waals surface area contributed by atoms with Crippen LogP contribution in [0.5, 0.6) is 5.75 Å². The molecule has 190 valence electrons. The van der Waals surface area contributed by atoms with Crippen molar-refractivity contribution in [1.82, 2.24) is 19.4 Å². The molecule has 3 atom stereocenters. The Morgan fingerprint density at radius 1 is 1.14 bits per heavy atom. The van der Waals surface area contributed by atoms with Crippen molar-refractivity contribution < 1.29 is 22.3 Å². The van der Waals surface area contributed by atoms with Gasteiger partial charge in [-0.15, -0.1) is 13.2 Å². The number of hydrogen-bond donors (Lipinski definition) is 0. The maximum Gasteiger partial charge on any atom is 0.573 e. The number of aryl methyl sites for hydroxylation is 1. The normalized spacial score (nSPS) is 19.8. The minimum atomic E-state index is -4.90. The van der Waals surface area contributed by atoms with Crippen molar-refractivity contribution in [2.24, 2.45) is 7.05 Å². The second-order valence-corrected chi connectivity index (χ2v) is 8.91. The van der Waals surface area contributed by atoms with Gasteiger partial charge in [-0.05, 0) is 39.0 Å². The summed E-state index contributed by atoms with van der Waals surface area (Å²) in [6.45, 7) is 6.54. The first kappa shape index (κ1) is 25.4. The van der Waals surface area contributed by atoms with Crippen LogP contribution in [0, 0.1) is 17.1 Å². The van der Waals surface area contributed by atoms with Gasteiger partial charge in [0, 0.05) is 49.9 Å². The smallest absolute Gasteiger partial charge is 0.406 e. The van der Waals surface area contributed by atoms with E-state index in [1.807, 2.05) is 29.7 Å². The van der Waals surface area contributed by atoms with Crippen LogP contribution in [-0.2, 0) is 7.05 Å². The van der Waals surface area contributed by atoms with Crippen molar-refractivity contribution in [2.75, 3.05) is 18.0 Å².